The molecule has 27 heavy (non-hydrogen) atoms. The van der Waals surface area contributed by atoms with Crippen molar-refractivity contribution in [2.24, 2.45) is 5.14 Å². The fourth-order valence-electron chi connectivity index (χ4n) is 2.73. The number of nitrogens with zero attached hydrogens (tertiary/aromatic N) is 2. The Labute approximate surface area is 165 Å². The Bertz CT molecular complexity index is 1180. The van der Waals surface area contributed by atoms with Gasteiger partial charge >= 0.3 is 0 Å². The summed E-state index contributed by atoms with van der Waals surface area (Å²) < 4.78 is 24.8. The number of sulfonamides is 1. The molecule has 0 aliphatic rings. The molecule has 0 bridgehead atoms. The predicted molar refractivity (Wildman–Crippen MR) is 109 cm³/mol. The zero-order valence-electron chi connectivity index (χ0n) is 13.9. The number of benzene rings is 2. The molecular weight excluding hydrogens is 402 g/mol. The lowest BCUT2D eigenvalue weighted by atomic mass is 10.1. The molecule has 136 valence electrons. The first-order valence-corrected chi connectivity index (χ1v) is 10.8. The van der Waals surface area contributed by atoms with E-state index in [4.69, 9.17) is 21.8 Å². The summed E-state index contributed by atoms with van der Waals surface area (Å²) in [5.74, 6) is 0. The summed E-state index contributed by atoms with van der Waals surface area (Å²) in [6.07, 6.45) is 0. The molecule has 8 heteroatoms. The minimum atomic E-state index is -3.74. The van der Waals surface area contributed by atoms with Gasteiger partial charge in [-0.2, -0.15) is 16.4 Å². The quantitative estimate of drug-likeness (QED) is 0.530. The summed E-state index contributed by atoms with van der Waals surface area (Å²) in [6, 6.07) is 17.8. The number of primary sulfonamides is 1. The van der Waals surface area contributed by atoms with Crippen LogP contribution in [0.5, 0.6) is 0 Å². The van der Waals surface area contributed by atoms with Crippen molar-refractivity contribution in [1.82, 2.24) is 9.78 Å². The molecular formula is C19H14ClN3O2S2. The molecule has 2 heterocycles. The van der Waals surface area contributed by atoms with Gasteiger partial charge in [-0.3, -0.25) is 0 Å². The zero-order chi connectivity index (χ0) is 19.0. The van der Waals surface area contributed by atoms with E-state index in [1.807, 2.05) is 47.2 Å². The highest BCUT2D eigenvalue weighted by Gasteiger charge is 2.15. The monoisotopic (exact) mass is 415 g/mol. The van der Waals surface area contributed by atoms with Crippen molar-refractivity contribution in [2.45, 2.75) is 4.90 Å². The Morgan fingerprint density at radius 3 is 2.26 bits per heavy atom. The van der Waals surface area contributed by atoms with Gasteiger partial charge in [-0.05, 0) is 53.9 Å². The fraction of sp³-hybridized carbons (Fsp3) is 0. The number of hydrogen-bond donors (Lipinski definition) is 1. The molecule has 0 saturated carbocycles. The van der Waals surface area contributed by atoms with E-state index in [1.165, 1.54) is 12.1 Å². The highest BCUT2D eigenvalue weighted by molar-refractivity contribution is 7.89. The zero-order valence-corrected chi connectivity index (χ0v) is 16.3. The first-order chi connectivity index (χ1) is 12.9. The Balaban J connectivity index is 1.85. The van der Waals surface area contributed by atoms with Crippen LogP contribution in [-0.4, -0.2) is 18.2 Å². The van der Waals surface area contributed by atoms with E-state index in [-0.39, 0.29) is 4.90 Å². The first kappa shape index (κ1) is 17.9. The van der Waals surface area contributed by atoms with E-state index in [2.05, 4.69) is 0 Å². The number of aromatic nitrogens is 2. The van der Waals surface area contributed by atoms with Crippen molar-refractivity contribution in [3.05, 3.63) is 76.4 Å². The number of halogens is 1. The van der Waals surface area contributed by atoms with Crippen molar-refractivity contribution in [1.29, 1.82) is 0 Å². The minimum absolute atomic E-state index is 0.0633. The van der Waals surface area contributed by atoms with Crippen molar-refractivity contribution in [3.8, 4) is 28.2 Å². The predicted octanol–water partition coefficient (Wildman–Crippen LogP) is 4.57. The van der Waals surface area contributed by atoms with E-state index in [0.29, 0.717) is 5.02 Å². The largest absolute Gasteiger partial charge is 0.238 e. The van der Waals surface area contributed by atoms with Gasteiger partial charge in [-0.1, -0.05) is 23.7 Å². The van der Waals surface area contributed by atoms with Gasteiger partial charge in [0, 0.05) is 21.5 Å². The maximum absolute atomic E-state index is 11.5. The summed E-state index contributed by atoms with van der Waals surface area (Å²) in [4.78, 5) is 0.0633. The molecule has 2 N–H and O–H groups in total. The normalized spacial score (nSPS) is 11.6. The molecule has 2 aromatic carbocycles. The second-order valence-electron chi connectivity index (χ2n) is 5.88. The van der Waals surface area contributed by atoms with Crippen molar-refractivity contribution in [2.75, 3.05) is 0 Å². The molecule has 0 aliphatic carbocycles. The van der Waals surface area contributed by atoms with Crippen LogP contribution >= 0.6 is 22.9 Å². The summed E-state index contributed by atoms with van der Waals surface area (Å²) >= 11 is 7.58. The highest BCUT2D eigenvalue weighted by atomic mass is 35.5. The van der Waals surface area contributed by atoms with Crippen LogP contribution in [0.3, 0.4) is 0 Å². The smallest absolute Gasteiger partial charge is 0.232 e. The van der Waals surface area contributed by atoms with E-state index >= 15 is 0 Å². The van der Waals surface area contributed by atoms with Crippen LogP contribution in [0, 0.1) is 0 Å². The molecule has 0 saturated heterocycles. The average molecular weight is 416 g/mol. The summed E-state index contributed by atoms with van der Waals surface area (Å²) in [5, 5.41) is 14.6. The van der Waals surface area contributed by atoms with Crippen LogP contribution in [0.15, 0.2) is 76.3 Å². The molecule has 0 fully saturated rings. The Morgan fingerprint density at radius 2 is 1.67 bits per heavy atom. The van der Waals surface area contributed by atoms with Gasteiger partial charge < -0.3 is 0 Å². The molecule has 0 spiro atoms. The highest BCUT2D eigenvalue weighted by Crippen LogP contribution is 2.30. The molecule has 0 amide bonds. The van der Waals surface area contributed by atoms with Gasteiger partial charge in [0.15, 0.2) is 0 Å². The van der Waals surface area contributed by atoms with Gasteiger partial charge in [0.1, 0.15) is 0 Å². The van der Waals surface area contributed by atoms with Gasteiger partial charge in [0.05, 0.1) is 22.0 Å². The standard InChI is InChI=1S/C19H14ClN3O2S2/c20-15-3-1-13(2-4-15)18-11-19(14-9-10-26-12-14)23(22-18)16-5-7-17(8-6-16)27(21,24)25/h1-12H,(H2,21,24,25). The van der Waals surface area contributed by atoms with Crippen molar-refractivity contribution >= 4 is 33.0 Å². The van der Waals surface area contributed by atoms with E-state index in [9.17, 15) is 8.42 Å². The molecule has 2 aromatic heterocycles. The third-order valence-electron chi connectivity index (χ3n) is 4.08. The van der Waals surface area contributed by atoms with Crippen LogP contribution in [0.4, 0.5) is 0 Å². The summed E-state index contributed by atoms with van der Waals surface area (Å²) in [6.45, 7) is 0. The van der Waals surface area contributed by atoms with Crippen LogP contribution in [-0.2, 0) is 10.0 Å². The third-order valence-corrected chi connectivity index (χ3v) is 5.94. The summed E-state index contributed by atoms with van der Waals surface area (Å²) in [7, 11) is -3.74. The van der Waals surface area contributed by atoms with E-state index < -0.39 is 10.0 Å². The number of nitrogens with two attached hydrogens (primary N) is 1. The number of hydrogen-bond acceptors (Lipinski definition) is 4. The second-order valence-corrected chi connectivity index (χ2v) is 8.66. The average Bonchev–Trinajstić information content (AvgIpc) is 3.31. The van der Waals surface area contributed by atoms with Gasteiger partial charge in [-0.25, -0.2) is 18.2 Å². The number of thiophene rings is 1. The molecule has 4 aromatic rings. The molecule has 0 radical (unpaired) electrons. The minimum Gasteiger partial charge on any atom is -0.232 e. The first-order valence-electron chi connectivity index (χ1n) is 7.94. The van der Waals surface area contributed by atoms with Crippen LogP contribution in [0.25, 0.3) is 28.2 Å². The molecule has 4 rings (SSSR count). The SMILES string of the molecule is NS(=O)(=O)c1ccc(-n2nc(-c3ccc(Cl)cc3)cc2-c2ccsc2)cc1. The van der Waals surface area contributed by atoms with Crippen LogP contribution in [0.1, 0.15) is 0 Å². The van der Waals surface area contributed by atoms with Crippen LogP contribution in [0.2, 0.25) is 5.02 Å². The summed E-state index contributed by atoms with van der Waals surface area (Å²) in [5.41, 5.74) is 4.41. The molecule has 5 nitrogen and oxygen atoms in total. The van der Waals surface area contributed by atoms with Gasteiger partial charge in [0.25, 0.3) is 0 Å². The molecule has 0 unspecified atom stereocenters. The van der Waals surface area contributed by atoms with Gasteiger partial charge in [0.2, 0.25) is 10.0 Å². The van der Waals surface area contributed by atoms with Crippen molar-refractivity contribution in [3.63, 3.8) is 0 Å². The maximum Gasteiger partial charge on any atom is 0.238 e. The van der Waals surface area contributed by atoms with E-state index in [0.717, 1.165) is 28.2 Å². The maximum atomic E-state index is 11.5. The lowest BCUT2D eigenvalue weighted by molar-refractivity contribution is 0.598. The molecule has 0 aliphatic heterocycles. The lowest BCUT2D eigenvalue weighted by Gasteiger charge is -2.07. The second kappa shape index (κ2) is 6.94. The fourth-order valence-corrected chi connectivity index (χ4v) is 4.02. The third kappa shape index (κ3) is 3.68. The Kier molecular flexibility index (Phi) is 4.61. The number of rotatable bonds is 4. The Morgan fingerprint density at radius 1 is 0.963 bits per heavy atom. The van der Waals surface area contributed by atoms with Gasteiger partial charge in [-0.15, -0.1) is 0 Å². The lowest BCUT2D eigenvalue weighted by Crippen LogP contribution is -2.12. The van der Waals surface area contributed by atoms with Crippen LogP contribution < -0.4 is 5.14 Å². The Hall–Kier alpha value is -2.45. The van der Waals surface area contributed by atoms with Crippen molar-refractivity contribution < 1.29 is 8.42 Å². The topological polar surface area (TPSA) is 78.0 Å². The van der Waals surface area contributed by atoms with E-state index in [1.54, 1.807) is 28.2 Å². The molecule has 0 atom stereocenters.